The zero-order valence-corrected chi connectivity index (χ0v) is 14.3. The number of phenols is 1. The van der Waals surface area contributed by atoms with Gasteiger partial charge in [0.25, 0.3) is 0 Å². The molecule has 2 heterocycles. The lowest BCUT2D eigenvalue weighted by Crippen LogP contribution is -2.25. The van der Waals surface area contributed by atoms with Gasteiger partial charge in [0, 0.05) is 17.9 Å². The Morgan fingerprint density at radius 3 is 2.79 bits per heavy atom. The molecule has 1 aliphatic heterocycles. The SMILES string of the molecule is Cc1nn(C2CCCC2)c2c1C(c1ccc(O)c(Cl)c1)CC(=O)N2. The molecule has 1 atom stereocenters. The van der Waals surface area contributed by atoms with E-state index in [0.29, 0.717) is 17.5 Å². The second-order valence-corrected chi connectivity index (χ2v) is 7.15. The van der Waals surface area contributed by atoms with Gasteiger partial charge in [-0.25, -0.2) is 4.68 Å². The van der Waals surface area contributed by atoms with Gasteiger partial charge in [0.1, 0.15) is 11.6 Å². The number of rotatable bonds is 2. The van der Waals surface area contributed by atoms with E-state index >= 15 is 0 Å². The summed E-state index contributed by atoms with van der Waals surface area (Å²) in [6, 6.07) is 5.53. The number of carbonyl (C=O) groups is 1. The van der Waals surface area contributed by atoms with E-state index in [2.05, 4.69) is 5.32 Å². The molecule has 1 aromatic heterocycles. The van der Waals surface area contributed by atoms with Crippen molar-refractivity contribution in [3.63, 3.8) is 0 Å². The molecular weight excluding hydrogens is 326 g/mol. The highest BCUT2D eigenvalue weighted by Gasteiger charge is 2.34. The Bertz CT molecular complexity index is 809. The minimum Gasteiger partial charge on any atom is -0.506 e. The number of aromatic nitrogens is 2. The van der Waals surface area contributed by atoms with E-state index in [4.69, 9.17) is 16.7 Å². The largest absolute Gasteiger partial charge is 0.506 e. The first-order valence-electron chi connectivity index (χ1n) is 8.42. The van der Waals surface area contributed by atoms with Crippen LogP contribution in [-0.2, 0) is 4.79 Å². The van der Waals surface area contributed by atoms with E-state index in [1.165, 1.54) is 12.8 Å². The van der Waals surface area contributed by atoms with E-state index in [1.807, 2.05) is 17.7 Å². The van der Waals surface area contributed by atoms with Crippen molar-refractivity contribution in [2.24, 2.45) is 0 Å². The highest BCUT2D eigenvalue weighted by atomic mass is 35.5. The van der Waals surface area contributed by atoms with Crippen LogP contribution in [0.1, 0.15) is 60.9 Å². The lowest BCUT2D eigenvalue weighted by Gasteiger charge is -2.25. The van der Waals surface area contributed by atoms with Crippen molar-refractivity contribution in [1.82, 2.24) is 9.78 Å². The summed E-state index contributed by atoms with van der Waals surface area (Å²) in [4.78, 5) is 12.3. The molecule has 1 saturated carbocycles. The number of nitrogens with one attached hydrogen (secondary N) is 1. The second-order valence-electron chi connectivity index (χ2n) is 6.75. The molecule has 2 aromatic rings. The van der Waals surface area contributed by atoms with E-state index in [-0.39, 0.29) is 17.6 Å². The number of fused-ring (bicyclic) bond motifs is 1. The van der Waals surface area contributed by atoms with Crippen LogP contribution < -0.4 is 5.32 Å². The van der Waals surface area contributed by atoms with Gasteiger partial charge in [-0.3, -0.25) is 4.79 Å². The smallest absolute Gasteiger partial charge is 0.226 e. The highest BCUT2D eigenvalue weighted by Crippen LogP contribution is 2.43. The summed E-state index contributed by atoms with van der Waals surface area (Å²) in [5, 5.41) is 17.7. The molecule has 0 saturated heterocycles. The maximum Gasteiger partial charge on any atom is 0.226 e. The number of anilines is 1. The number of benzene rings is 1. The number of aryl methyl sites for hydroxylation is 1. The number of phenolic OH excluding ortho intramolecular Hbond substituents is 1. The average Bonchev–Trinajstić information content (AvgIpc) is 3.17. The number of hydrogen-bond donors (Lipinski definition) is 2. The van der Waals surface area contributed by atoms with Crippen molar-refractivity contribution in [1.29, 1.82) is 0 Å². The Morgan fingerprint density at radius 1 is 1.33 bits per heavy atom. The van der Waals surface area contributed by atoms with Gasteiger partial charge < -0.3 is 10.4 Å². The van der Waals surface area contributed by atoms with Crippen LogP contribution in [0.3, 0.4) is 0 Å². The van der Waals surface area contributed by atoms with Crippen molar-refractivity contribution in [3.05, 3.63) is 40.0 Å². The van der Waals surface area contributed by atoms with Gasteiger partial charge in [0.15, 0.2) is 0 Å². The van der Waals surface area contributed by atoms with Gasteiger partial charge in [-0.15, -0.1) is 0 Å². The zero-order valence-electron chi connectivity index (χ0n) is 13.6. The van der Waals surface area contributed by atoms with Crippen LogP contribution in [0.5, 0.6) is 5.75 Å². The molecule has 2 N–H and O–H groups in total. The molecule has 1 unspecified atom stereocenters. The van der Waals surface area contributed by atoms with Crippen LogP contribution in [0.4, 0.5) is 5.82 Å². The molecule has 2 aliphatic rings. The van der Waals surface area contributed by atoms with E-state index in [9.17, 15) is 9.90 Å². The van der Waals surface area contributed by atoms with E-state index in [0.717, 1.165) is 35.5 Å². The number of aromatic hydroxyl groups is 1. The van der Waals surface area contributed by atoms with Crippen molar-refractivity contribution in [2.45, 2.75) is 51.0 Å². The first-order chi connectivity index (χ1) is 11.5. The summed E-state index contributed by atoms with van der Waals surface area (Å²) in [6.45, 7) is 2.00. The predicted octanol–water partition coefficient (Wildman–Crippen LogP) is 4.14. The van der Waals surface area contributed by atoms with Crippen molar-refractivity contribution in [3.8, 4) is 5.75 Å². The zero-order chi connectivity index (χ0) is 16.8. The van der Waals surface area contributed by atoms with Crippen LogP contribution in [0, 0.1) is 6.92 Å². The third-order valence-corrected chi connectivity index (χ3v) is 5.47. The monoisotopic (exact) mass is 345 g/mol. The molecule has 4 rings (SSSR count). The minimum atomic E-state index is -0.0815. The standard InChI is InChI=1S/C18H20ClN3O2/c1-10-17-13(11-6-7-15(23)14(19)8-11)9-16(24)20-18(17)22(21-10)12-4-2-3-5-12/h6-8,12-13,23H,2-5,9H2,1H3,(H,20,24). The molecule has 1 fully saturated rings. The fourth-order valence-corrected chi connectivity index (χ4v) is 4.20. The molecule has 0 radical (unpaired) electrons. The van der Waals surface area contributed by atoms with Crippen molar-refractivity contribution < 1.29 is 9.90 Å². The summed E-state index contributed by atoms with van der Waals surface area (Å²) < 4.78 is 2.02. The van der Waals surface area contributed by atoms with Crippen LogP contribution >= 0.6 is 11.6 Å². The molecule has 126 valence electrons. The Balaban J connectivity index is 1.82. The summed E-state index contributed by atoms with van der Waals surface area (Å²) in [5.41, 5.74) is 2.96. The molecule has 1 amide bonds. The molecule has 0 spiro atoms. The van der Waals surface area contributed by atoms with Gasteiger partial charge in [-0.1, -0.05) is 30.5 Å². The van der Waals surface area contributed by atoms with Crippen LogP contribution in [0.25, 0.3) is 0 Å². The summed E-state index contributed by atoms with van der Waals surface area (Å²) in [7, 11) is 0. The van der Waals surface area contributed by atoms with Crippen LogP contribution in [0.15, 0.2) is 18.2 Å². The summed E-state index contributed by atoms with van der Waals surface area (Å²) >= 11 is 6.07. The van der Waals surface area contributed by atoms with Gasteiger partial charge in [-0.05, 0) is 37.5 Å². The van der Waals surface area contributed by atoms with Crippen molar-refractivity contribution >= 4 is 23.3 Å². The molecular formula is C18H20ClN3O2. The van der Waals surface area contributed by atoms with E-state index in [1.54, 1.807) is 12.1 Å². The first-order valence-corrected chi connectivity index (χ1v) is 8.79. The maximum absolute atomic E-state index is 12.3. The van der Waals surface area contributed by atoms with Crippen molar-refractivity contribution in [2.75, 3.05) is 5.32 Å². The first kappa shape index (κ1) is 15.5. The highest BCUT2D eigenvalue weighted by molar-refractivity contribution is 6.32. The van der Waals surface area contributed by atoms with Gasteiger partial charge in [0.2, 0.25) is 5.91 Å². The Morgan fingerprint density at radius 2 is 2.08 bits per heavy atom. The van der Waals surface area contributed by atoms with Gasteiger partial charge >= 0.3 is 0 Å². The third kappa shape index (κ3) is 2.47. The summed E-state index contributed by atoms with van der Waals surface area (Å²) in [5.74, 6) is 0.807. The van der Waals surface area contributed by atoms with Gasteiger partial charge in [-0.2, -0.15) is 5.10 Å². The molecule has 1 aromatic carbocycles. The van der Waals surface area contributed by atoms with Gasteiger partial charge in [0.05, 0.1) is 16.8 Å². The minimum absolute atomic E-state index is 0.00385. The maximum atomic E-state index is 12.3. The number of carbonyl (C=O) groups excluding carboxylic acids is 1. The van der Waals surface area contributed by atoms with E-state index < -0.39 is 0 Å². The predicted molar refractivity (Wildman–Crippen MR) is 92.7 cm³/mol. The number of hydrogen-bond acceptors (Lipinski definition) is 3. The molecule has 0 bridgehead atoms. The molecule has 24 heavy (non-hydrogen) atoms. The topological polar surface area (TPSA) is 67.1 Å². The Kier molecular flexibility index (Phi) is 3.76. The van der Waals surface area contributed by atoms with Crippen LogP contribution in [0.2, 0.25) is 5.02 Å². The normalized spacial score (nSPS) is 20.9. The number of halogens is 1. The molecule has 6 heteroatoms. The third-order valence-electron chi connectivity index (χ3n) is 5.17. The Hall–Kier alpha value is -2.01. The average molecular weight is 346 g/mol. The number of nitrogens with zero attached hydrogens (tertiary/aromatic N) is 2. The van der Waals surface area contributed by atoms with Crippen LogP contribution in [-0.4, -0.2) is 20.8 Å². The molecule has 5 nitrogen and oxygen atoms in total. The number of amides is 1. The molecule has 1 aliphatic carbocycles. The quantitative estimate of drug-likeness (QED) is 0.859. The lowest BCUT2D eigenvalue weighted by molar-refractivity contribution is -0.116. The summed E-state index contributed by atoms with van der Waals surface area (Å²) in [6.07, 6.45) is 5.01. The Labute approximate surface area is 145 Å². The second kappa shape index (κ2) is 5.81. The lowest BCUT2D eigenvalue weighted by atomic mass is 9.85. The fourth-order valence-electron chi connectivity index (χ4n) is 4.01. The fraction of sp³-hybridized carbons (Fsp3) is 0.444.